The van der Waals surface area contributed by atoms with E-state index in [0.29, 0.717) is 25.1 Å². The molecule has 0 spiro atoms. The largest absolute Gasteiger partial charge is 0.279 e. The molecule has 0 bridgehead atoms. The van der Waals surface area contributed by atoms with E-state index in [1.54, 1.807) is 18.2 Å². The molecule has 0 amide bonds. The summed E-state index contributed by atoms with van der Waals surface area (Å²) >= 11 is 0. The van der Waals surface area contributed by atoms with Crippen LogP contribution in [-0.2, 0) is 16.6 Å². The summed E-state index contributed by atoms with van der Waals surface area (Å²) in [4.78, 5) is 0. The Labute approximate surface area is 120 Å². The maximum atomic E-state index is 13.4. The molecule has 1 N–H and O–H groups in total. The average Bonchev–Trinajstić information content (AvgIpc) is 2.70. The third-order valence-electron chi connectivity index (χ3n) is 3.54. The van der Waals surface area contributed by atoms with E-state index in [0.717, 1.165) is 25.7 Å². The van der Waals surface area contributed by atoms with Crippen molar-refractivity contribution < 1.29 is 12.8 Å². The van der Waals surface area contributed by atoms with Gasteiger partial charge in [-0.25, -0.2) is 9.11 Å². The Kier molecular flexibility index (Phi) is 5.51. The molecule has 0 aliphatic carbocycles. The minimum Gasteiger partial charge on any atom is -0.207 e. The van der Waals surface area contributed by atoms with Gasteiger partial charge in [0, 0.05) is 19.6 Å². The van der Waals surface area contributed by atoms with E-state index in [1.807, 2.05) is 0 Å². The monoisotopic (exact) mass is 300 g/mol. The summed E-state index contributed by atoms with van der Waals surface area (Å²) in [5.41, 5.74) is 0.533. The van der Waals surface area contributed by atoms with Gasteiger partial charge in [0.15, 0.2) is 0 Å². The fraction of sp³-hybridized carbons (Fsp3) is 0.571. The normalized spacial score (nSPS) is 17.9. The van der Waals surface area contributed by atoms with Crippen molar-refractivity contribution in [1.29, 1.82) is 0 Å². The molecular formula is C14H21FN2O2S. The maximum absolute atomic E-state index is 13.4. The molecule has 4 nitrogen and oxygen atoms in total. The van der Waals surface area contributed by atoms with Gasteiger partial charge < -0.3 is 0 Å². The van der Waals surface area contributed by atoms with E-state index in [-0.39, 0.29) is 12.4 Å². The van der Waals surface area contributed by atoms with Crippen LogP contribution in [0.4, 0.5) is 4.39 Å². The molecule has 1 saturated heterocycles. The van der Waals surface area contributed by atoms with Crippen LogP contribution in [-0.4, -0.2) is 32.4 Å². The highest BCUT2D eigenvalue weighted by molar-refractivity contribution is 7.87. The van der Waals surface area contributed by atoms with Gasteiger partial charge in [-0.2, -0.15) is 12.7 Å². The fourth-order valence-corrected chi connectivity index (χ4v) is 3.67. The zero-order valence-corrected chi connectivity index (χ0v) is 12.3. The number of nitrogens with one attached hydrogen (secondary N) is 1. The van der Waals surface area contributed by atoms with Crippen molar-refractivity contribution in [3.05, 3.63) is 35.6 Å². The predicted molar refractivity (Wildman–Crippen MR) is 77.1 cm³/mol. The van der Waals surface area contributed by atoms with E-state index in [4.69, 9.17) is 0 Å². The summed E-state index contributed by atoms with van der Waals surface area (Å²) in [6, 6.07) is 6.44. The minimum atomic E-state index is -3.43. The molecule has 0 atom stereocenters. The van der Waals surface area contributed by atoms with Gasteiger partial charge in [0.2, 0.25) is 0 Å². The molecule has 1 heterocycles. The Morgan fingerprint density at radius 3 is 2.40 bits per heavy atom. The summed E-state index contributed by atoms with van der Waals surface area (Å²) in [5, 5.41) is 0. The fourth-order valence-electron chi connectivity index (χ4n) is 2.39. The summed E-state index contributed by atoms with van der Waals surface area (Å²) in [5.74, 6) is -0.290. The third-order valence-corrected chi connectivity index (χ3v) is 5.16. The van der Waals surface area contributed by atoms with Crippen LogP contribution >= 0.6 is 0 Å². The zero-order chi connectivity index (χ0) is 14.4. The van der Waals surface area contributed by atoms with E-state index in [9.17, 15) is 12.8 Å². The van der Waals surface area contributed by atoms with Gasteiger partial charge in [0.05, 0.1) is 0 Å². The van der Waals surface area contributed by atoms with Crippen LogP contribution in [0.3, 0.4) is 0 Å². The highest BCUT2D eigenvalue weighted by atomic mass is 32.2. The molecule has 1 aromatic rings. The summed E-state index contributed by atoms with van der Waals surface area (Å²) in [6.07, 6.45) is 4.35. The second-order valence-electron chi connectivity index (χ2n) is 5.05. The van der Waals surface area contributed by atoms with Crippen LogP contribution < -0.4 is 4.72 Å². The molecule has 0 saturated carbocycles. The first-order chi connectivity index (χ1) is 9.59. The van der Waals surface area contributed by atoms with Crippen LogP contribution in [0.15, 0.2) is 24.3 Å². The summed E-state index contributed by atoms with van der Waals surface area (Å²) in [6.45, 7) is 1.38. The predicted octanol–water partition coefficient (Wildman–Crippen LogP) is 2.08. The van der Waals surface area contributed by atoms with Crippen molar-refractivity contribution in [3.63, 3.8) is 0 Å². The van der Waals surface area contributed by atoms with Crippen molar-refractivity contribution in [2.24, 2.45) is 0 Å². The number of nitrogens with zero attached hydrogens (tertiary/aromatic N) is 1. The highest BCUT2D eigenvalue weighted by Gasteiger charge is 2.22. The quantitative estimate of drug-likeness (QED) is 0.905. The van der Waals surface area contributed by atoms with Crippen LogP contribution in [0.25, 0.3) is 0 Å². The van der Waals surface area contributed by atoms with E-state index in [2.05, 4.69) is 4.72 Å². The molecule has 0 radical (unpaired) electrons. The number of rotatable bonds is 5. The Morgan fingerprint density at radius 1 is 1.10 bits per heavy atom. The lowest BCUT2D eigenvalue weighted by molar-refractivity contribution is 0.415. The van der Waals surface area contributed by atoms with E-state index >= 15 is 0 Å². The first kappa shape index (κ1) is 15.4. The van der Waals surface area contributed by atoms with Gasteiger partial charge in [0.25, 0.3) is 10.2 Å². The molecule has 2 rings (SSSR count). The van der Waals surface area contributed by atoms with E-state index < -0.39 is 10.2 Å². The van der Waals surface area contributed by atoms with Crippen LogP contribution in [0, 0.1) is 5.82 Å². The zero-order valence-electron chi connectivity index (χ0n) is 11.5. The highest BCUT2D eigenvalue weighted by Crippen LogP contribution is 2.12. The average molecular weight is 300 g/mol. The SMILES string of the molecule is O=S(=O)(NCCc1ccccc1F)N1CCCCCC1. The van der Waals surface area contributed by atoms with Crippen LogP contribution in [0.1, 0.15) is 31.2 Å². The lowest BCUT2D eigenvalue weighted by atomic mass is 10.1. The number of hydrogen-bond acceptors (Lipinski definition) is 2. The molecule has 6 heteroatoms. The summed E-state index contributed by atoms with van der Waals surface area (Å²) < 4.78 is 41.8. The molecule has 0 aromatic heterocycles. The minimum absolute atomic E-state index is 0.222. The number of halogens is 1. The number of hydrogen-bond donors (Lipinski definition) is 1. The maximum Gasteiger partial charge on any atom is 0.279 e. The standard InChI is InChI=1S/C14H21FN2O2S/c15-14-8-4-3-7-13(14)9-10-16-20(18,19)17-11-5-1-2-6-12-17/h3-4,7-8,16H,1-2,5-6,9-12H2. The Morgan fingerprint density at radius 2 is 1.75 bits per heavy atom. The Balaban J connectivity index is 1.87. The van der Waals surface area contributed by atoms with Gasteiger partial charge in [0.1, 0.15) is 5.82 Å². The second kappa shape index (κ2) is 7.15. The van der Waals surface area contributed by atoms with Gasteiger partial charge in [-0.15, -0.1) is 0 Å². The summed E-state index contributed by atoms with van der Waals surface area (Å²) in [7, 11) is -3.43. The molecule has 1 aliphatic rings. The first-order valence-electron chi connectivity index (χ1n) is 7.08. The van der Waals surface area contributed by atoms with Crippen LogP contribution in [0.5, 0.6) is 0 Å². The molecule has 1 aromatic carbocycles. The Bertz CT molecular complexity index is 526. The topological polar surface area (TPSA) is 49.4 Å². The van der Waals surface area contributed by atoms with Crippen molar-refractivity contribution in [1.82, 2.24) is 9.03 Å². The lowest BCUT2D eigenvalue weighted by Crippen LogP contribution is -2.42. The molecule has 1 fully saturated rings. The van der Waals surface area contributed by atoms with Crippen molar-refractivity contribution in [2.75, 3.05) is 19.6 Å². The number of benzene rings is 1. The third kappa shape index (κ3) is 4.26. The molecule has 0 unspecified atom stereocenters. The second-order valence-corrected chi connectivity index (χ2v) is 6.81. The molecule has 20 heavy (non-hydrogen) atoms. The van der Waals surface area contributed by atoms with Gasteiger partial charge in [-0.1, -0.05) is 31.0 Å². The first-order valence-corrected chi connectivity index (χ1v) is 8.52. The van der Waals surface area contributed by atoms with Gasteiger partial charge in [-0.3, -0.25) is 0 Å². The van der Waals surface area contributed by atoms with Crippen molar-refractivity contribution in [3.8, 4) is 0 Å². The van der Waals surface area contributed by atoms with Crippen LogP contribution in [0.2, 0.25) is 0 Å². The molecule has 112 valence electrons. The Hall–Kier alpha value is -0.980. The lowest BCUT2D eigenvalue weighted by Gasteiger charge is -2.20. The smallest absolute Gasteiger partial charge is 0.207 e. The van der Waals surface area contributed by atoms with Crippen molar-refractivity contribution in [2.45, 2.75) is 32.1 Å². The van der Waals surface area contributed by atoms with Gasteiger partial charge in [-0.05, 0) is 30.9 Å². The molecule has 1 aliphatic heterocycles. The van der Waals surface area contributed by atoms with Crippen molar-refractivity contribution >= 4 is 10.2 Å². The molecular weight excluding hydrogens is 279 g/mol. The van der Waals surface area contributed by atoms with Gasteiger partial charge >= 0.3 is 0 Å². The van der Waals surface area contributed by atoms with E-state index in [1.165, 1.54) is 10.4 Å².